The summed E-state index contributed by atoms with van der Waals surface area (Å²) in [6.07, 6.45) is 0.877. The molecular formula is C22H25N3O2S. The van der Waals surface area contributed by atoms with Crippen LogP contribution in [0, 0.1) is 0 Å². The van der Waals surface area contributed by atoms with Crippen LogP contribution in [0.3, 0.4) is 0 Å². The number of hydrogen-bond acceptors (Lipinski definition) is 5. The lowest BCUT2D eigenvalue weighted by Gasteiger charge is -2.24. The fourth-order valence-electron chi connectivity index (χ4n) is 2.87. The number of ether oxygens (including phenoxy) is 1. The SMILES string of the molecule is COc1ccc(-c2nc(C(=O)NCC(Cc3ccccc3)N(C)C)cs2)cc1. The average molecular weight is 396 g/mol. The van der Waals surface area contributed by atoms with Gasteiger partial charge in [-0.15, -0.1) is 11.3 Å². The molecule has 5 nitrogen and oxygen atoms in total. The summed E-state index contributed by atoms with van der Waals surface area (Å²) in [6, 6.07) is 18.2. The number of methoxy groups -OCH3 is 1. The molecule has 0 saturated heterocycles. The third-order valence-electron chi connectivity index (χ3n) is 4.62. The zero-order valence-electron chi connectivity index (χ0n) is 16.4. The molecule has 1 heterocycles. The Hall–Kier alpha value is -2.70. The quantitative estimate of drug-likeness (QED) is 0.632. The summed E-state index contributed by atoms with van der Waals surface area (Å²) < 4.78 is 5.18. The van der Waals surface area contributed by atoms with Crippen molar-refractivity contribution < 1.29 is 9.53 Å². The molecule has 0 aliphatic rings. The second kappa shape index (κ2) is 9.48. The van der Waals surface area contributed by atoms with Crippen molar-refractivity contribution in [1.29, 1.82) is 0 Å². The maximum atomic E-state index is 12.6. The highest BCUT2D eigenvalue weighted by atomic mass is 32.1. The van der Waals surface area contributed by atoms with Crippen LogP contribution < -0.4 is 10.1 Å². The summed E-state index contributed by atoms with van der Waals surface area (Å²) in [4.78, 5) is 19.2. The van der Waals surface area contributed by atoms with Crippen LogP contribution in [-0.4, -0.2) is 49.6 Å². The van der Waals surface area contributed by atoms with Gasteiger partial charge < -0.3 is 15.0 Å². The van der Waals surface area contributed by atoms with E-state index in [1.165, 1.54) is 16.9 Å². The number of hydrogen-bond donors (Lipinski definition) is 1. The van der Waals surface area contributed by atoms with Crippen LogP contribution in [0.5, 0.6) is 5.75 Å². The fraction of sp³-hybridized carbons (Fsp3) is 0.273. The average Bonchev–Trinajstić information content (AvgIpc) is 3.22. The Morgan fingerprint density at radius 3 is 2.50 bits per heavy atom. The van der Waals surface area contributed by atoms with Gasteiger partial charge in [0.25, 0.3) is 5.91 Å². The highest BCUT2D eigenvalue weighted by molar-refractivity contribution is 7.13. The van der Waals surface area contributed by atoms with Crippen molar-refractivity contribution >= 4 is 17.2 Å². The molecule has 1 amide bonds. The Labute approximate surface area is 170 Å². The molecule has 1 unspecified atom stereocenters. The normalized spacial score (nSPS) is 12.0. The molecule has 0 radical (unpaired) electrons. The number of rotatable bonds is 8. The molecule has 1 N–H and O–H groups in total. The number of nitrogens with zero attached hydrogens (tertiary/aromatic N) is 2. The van der Waals surface area contributed by atoms with E-state index in [0.29, 0.717) is 12.2 Å². The first-order valence-electron chi connectivity index (χ1n) is 9.15. The number of thiazole rings is 1. The third-order valence-corrected chi connectivity index (χ3v) is 5.51. The van der Waals surface area contributed by atoms with Gasteiger partial charge in [0.05, 0.1) is 7.11 Å². The lowest BCUT2D eigenvalue weighted by atomic mass is 10.1. The Kier molecular flexibility index (Phi) is 6.79. The summed E-state index contributed by atoms with van der Waals surface area (Å²) in [5.41, 5.74) is 2.68. The van der Waals surface area contributed by atoms with Crippen LogP contribution in [0.1, 0.15) is 16.1 Å². The first-order valence-corrected chi connectivity index (χ1v) is 10.0. The van der Waals surface area contributed by atoms with Gasteiger partial charge in [0.2, 0.25) is 0 Å². The van der Waals surface area contributed by atoms with Crippen LogP contribution in [0.15, 0.2) is 60.0 Å². The van der Waals surface area contributed by atoms with E-state index in [9.17, 15) is 4.79 Å². The first-order chi connectivity index (χ1) is 13.6. The number of amides is 1. The Bertz CT molecular complexity index is 892. The largest absolute Gasteiger partial charge is 0.497 e. The maximum Gasteiger partial charge on any atom is 0.270 e. The monoisotopic (exact) mass is 395 g/mol. The molecule has 3 rings (SSSR count). The predicted molar refractivity (Wildman–Crippen MR) is 114 cm³/mol. The van der Waals surface area contributed by atoms with Gasteiger partial charge in [-0.1, -0.05) is 30.3 Å². The minimum atomic E-state index is -0.143. The van der Waals surface area contributed by atoms with Crippen molar-refractivity contribution in [2.75, 3.05) is 27.7 Å². The molecule has 0 fully saturated rings. The molecule has 1 aromatic heterocycles. The Morgan fingerprint density at radius 1 is 1.14 bits per heavy atom. The molecule has 0 spiro atoms. The van der Waals surface area contributed by atoms with E-state index in [-0.39, 0.29) is 11.9 Å². The summed E-state index contributed by atoms with van der Waals surface area (Å²) in [6.45, 7) is 0.566. The van der Waals surface area contributed by atoms with Crippen molar-refractivity contribution in [3.8, 4) is 16.3 Å². The summed E-state index contributed by atoms with van der Waals surface area (Å²) >= 11 is 1.46. The lowest BCUT2D eigenvalue weighted by molar-refractivity contribution is 0.0937. The molecule has 0 aliphatic heterocycles. The topological polar surface area (TPSA) is 54.5 Å². The van der Waals surface area contributed by atoms with Gasteiger partial charge in [0, 0.05) is 23.5 Å². The summed E-state index contributed by atoms with van der Waals surface area (Å²) in [5, 5.41) is 5.65. The van der Waals surface area contributed by atoms with E-state index in [1.54, 1.807) is 12.5 Å². The number of carbonyl (C=O) groups excluding carboxylic acids is 1. The van der Waals surface area contributed by atoms with Gasteiger partial charge in [-0.25, -0.2) is 4.98 Å². The first kappa shape index (κ1) is 20.0. The van der Waals surface area contributed by atoms with Gasteiger partial charge in [-0.05, 0) is 50.3 Å². The number of aromatic nitrogens is 1. The van der Waals surface area contributed by atoms with E-state index in [2.05, 4.69) is 27.3 Å². The number of benzene rings is 2. The van der Waals surface area contributed by atoms with Gasteiger partial charge in [-0.3, -0.25) is 4.79 Å². The van der Waals surface area contributed by atoms with Crippen molar-refractivity contribution in [3.63, 3.8) is 0 Å². The van der Waals surface area contributed by atoms with Crippen LogP contribution in [0.25, 0.3) is 10.6 Å². The van der Waals surface area contributed by atoms with Crippen molar-refractivity contribution in [2.45, 2.75) is 12.5 Å². The van der Waals surface area contributed by atoms with Gasteiger partial charge in [0.1, 0.15) is 16.5 Å². The number of nitrogens with one attached hydrogen (secondary N) is 1. The molecule has 3 aromatic rings. The van der Waals surface area contributed by atoms with Crippen LogP contribution >= 0.6 is 11.3 Å². The van der Waals surface area contributed by atoms with Crippen LogP contribution in [0.4, 0.5) is 0 Å². The standard InChI is InChI=1S/C22H25N3O2S/c1-25(2)18(13-16-7-5-4-6-8-16)14-23-21(26)20-15-28-22(24-20)17-9-11-19(27-3)12-10-17/h4-12,15,18H,13-14H2,1-3H3,(H,23,26). The molecule has 0 aliphatic carbocycles. The van der Waals surface area contributed by atoms with Gasteiger partial charge in [0.15, 0.2) is 0 Å². The predicted octanol–water partition coefficient (Wildman–Crippen LogP) is 3.72. The fourth-order valence-corrected chi connectivity index (χ4v) is 3.67. The second-order valence-corrected chi connectivity index (χ2v) is 7.64. The highest BCUT2D eigenvalue weighted by Gasteiger charge is 2.16. The molecule has 2 aromatic carbocycles. The molecule has 1 atom stereocenters. The van der Waals surface area contributed by atoms with Crippen LogP contribution in [0.2, 0.25) is 0 Å². The molecular weight excluding hydrogens is 370 g/mol. The van der Waals surface area contributed by atoms with Gasteiger partial charge >= 0.3 is 0 Å². The summed E-state index contributed by atoms with van der Waals surface area (Å²) in [5.74, 6) is 0.655. The van der Waals surface area contributed by atoms with Crippen molar-refractivity contribution in [1.82, 2.24) is 15.2 Å². The molecule has 28 heavy (non-hydrogen) atoms. The molecule has 0 saturated carbocycles. The molecule has 146 valence electrons. The summed E-state index contributed by atoms with van der Waals surface area (Å²) in [7, 11) is 5.70. The van der Waals surface area contributed by atoms with E-state index >= 15 is 0 Å². The van der Waals surface area contributed by atoms with Crippen molar-refractivity contribution in [3.05, 3.63) is 71.2 Å². The number of carbonyl (C=O) groups is 1. The zero-order valence-corrected chi connectivity index (χ0v) is 17.2. The van der Waals surface area contributed by atoms with Gasteiger partial charge in [-0.2, -0.15) is 0 Å². The van der Waals surface area contributed by atoms with Crippen LogP contribution in [-0.2, 0) is 6.42 Å². The number of likely N-dealkylation sites (N-methyl/N-ethyl adjacent to an activating group) is 1. The van der Waals surface area contributed by atoms with E-state index in [4.69, 9.17) is 4.74 Å². The maximum absolute atomic E-state index is 12.6. The highest BCUT2D eigenvalue weighted by Crippen LogP contribution is 2.25. The van der Waals surface area contributed by atoms with Crippen molar-refractivity contribution in [2.24, 2.45) is 0 Å². The Balaban J connectivity index is 1.61. The minimum absolute atomic E-state index is 0.143. The van der Waals surface area contributed by atoms with E-state index in [0.717, 1.165) is 22.7 Å². The minimum Gasteiger partial charge on any atom is -0.497 e. The van der Waals surface area contributed by atoms with E-state index in [1.807, 2.05) is 56.6 Å². The second-order valence-electron chi connectivity index (χ2n) is 6.78. The lowest BCUT2D eigenvalue weighted by Crippen LogP contribution is -2.41. The molecule has 6 heteroatoms. The third kappa shape index (κ3) is 5.18. The van der Waals surface area contributed by atoms with E-state index < -0.39 is 0 Å². The molecule has 0 bridgehead atoms. The smallest absolute Gasteiger partial charge is 0.270 e. The Morgan fingerprint density at radius 2 is 1.86 bits per heavy atom. The zero-order chi connectivity index (χ0) is 19.9.